The van der Waals surface area contributed by atoms with Gasteiger partial charge in [0.05, 0.1) is 10.7 Å². The van der Waals surface area contributed by atoms with Crippen molar-refractivity contribution in [1.29, 1.82) is 0 Å². The number of aliphatic carboxylic acids is 1. The van der Waals surface area contributed by atoms with Crippen LogP contribution in [0.25, 0.3) is 0 Å². The number of carbonyl (C=O) groups is 2. The molecule has 1 amide bonds. The Bertz CT molecular complexity index is 554. The maximum atomic E-state index is 12.3. The highest BCUT2D eigenvalue weighted by Crippen LogP contribution is 2.31. The van der Waals surface area contributed by atoms with Crippen LogP contribution in [-0.4, -0.2) is 28.8 Å². The summed E-state index contributed by atoms with van der Waals surface area (Å²) in [4.78, 5) is 24.5. The van der Waals surface area contributed by atoms with Gasteiger partial charge in [0, 0.05) is 5.02 Å². The molecule has 0 unspecified atom stereocenters. The lowest BCUT2D eigenvalue weighted by atomic mass is 10.2. The van der Waals surface area contributed by atoms with E-state index in [0.717, 1.165) is 4.90 Å². The van der Waals surface area contributed by atoms with Crippen molar-refractivity contribution < 1.29 is 19.4 Å². The summed E-state index contributed by atoms with van der Waals surface area (Å²) in [6.45, 7) is 6.45. The first-order valence-electron chi connectivity index (χ1n) is 6.23. The molecule has 0 spiro atoms. The molecule has 116 valence electrons. The molecule has 0 bridgehead atoms. The fourth-order valence-corrected chi connectivity index (χ4v) is 2.06. The first-order chi connectivity index (χ1) is 9.53. The van der Waals surface area contributed by atoms with Gasteiger partial charge in [0.15, 0.2) is 0 Å². The average Bonchev–Trinajstić information content (AvgIpc) is 2.29. The lowest BCUT2D eigenvalue weighted by molar-refractivity contribution is -0.138. The number of ether oxygens (including phenoxy) is 1. The summed E-state index contributed by atoms with van der Waals surface area (Å²) in [6.07, 6.45) is -0.790. The third kappa shape index (κ3) is 4.79. The largest absolute Gasteiger partial charge is 0.480 e. The highest BCUT2D eigenvalue weighted by atomic mass is 35.5. The van der Waals surface area contributed by atoms with Gasteiger partial charge in [-0.3, -0.25) is 4.90 Å². The normalized spacial score (nSPS) is 12.7. The molecule has 0 fully saturated rings. The van der Waals surface area contributed by atoms with Crippen LogP contribution in [0.2, 0.25) is 10.0 Å². The van der Waals surface area contributed by atoms with Crippen LogP contribution in [0.4, 0.5) is 10.5 Å². The zero-order valence-electron chi connectivity index (χ0n) is 12.2. The molecule has 0 aliphatic carbocycles. The number of carboxylic acid groups (broad SMARTS) is 1. The molecule has 5 nitrogen and oxygen atoms in total. The number of hydrogen-bond acceptors (Lipinski definition) is 3. The van der Waals surface area contributed by atoms with Gasteiger partial charge in [-0.2, -0.15) is 0 Å². The molecule has 7 heteroatoms. The lowest BCUT2D eigenvalue weighted by Crippen LogP contribution is -2.46. The third-order valence-electron chi connectivity index (χ3n) is 2.50. The van der Waals surface area contributed by atoms with E-state index in [1.54, 1.807) is 20.8 Å². The quantitative estimate of drug-likeness (QED) is 0.899. The Balaban J connectivity index is 3.25. The van der Waals surface area contributed by atoms with Crippen LogP contribution in [0.3, 0.4) is 0 Å². The first-order valence-corrected chi connectivity index (χ1v) is 6.98. The average molecular weight is 334 g/mol. The Morgan fingerprint density at radius 3 is 2.29 bits per heavy atom. The first kappa shape index (κ1) is 17.6. The second-order valence-corrected chi connectivity index (χ2v) is 6.30. The third-order valence-corrected chi connectivity index (χ3v) is 3.04. The molecule has 0 radical (unpaired) electrons. The Morgan fingerprint density at radius 1 is 1.29 bits per heavy atom. The molecule has 0 aromatic heterocycles. The molecule has 1 atom stereocenters. The van der Waals surface area contributed by atoms with E-state index in [9.17, 15) is 14.7 Å². The second kappa shape index (κ2) is 6.54. The van der Waals surface area contributed by atoms with Crippen molar-refractivity contribution in [3.05, 3.63) is 28.2 Å². The fraction of sp³-hybridized carbons (Fsp3) is 0.429. The van der Waals surface area contributed by atoms with Crippen molar-refractivity contribution in [2.75, 3.05) is 4.90 Å². The van der Waals surface area contributed by atoms with E-state index >= 15 is 0 Å². The molecule has 0 saturated carbocycles. The van der Waals surface area contributed by atoms with Crippen LogP contribution in [0.5, 0.6) is 0 Å². The monoisotopic (exact) mass is 333 g/mol. The molecule has 1 rings (SSSR count). The Kier molecular flexibility index (Phi) is 5.48. The molecule has 0 aliphatic heterocycles. The maximum absolute atomic E-state index is 12.3. The topological polar surface area (TPSA) is 66.8 Å². The maximum Gasteiger partial charge on any atom is 0.415 e. The van der Waals surface area contributed by atoms with Gasteiger partial charge in [-0.1, -0.05) is 23.2 Å². The number of benzene rings is 1. The molecule has 1 aromatic carbocycles. The number of anilines is 1. The number of hydrogen-bond donors (Lipinski definition) is 1. The van der Waals surface area contributed by atoms with Crippen molar-refractivity contribution in [2.24, 2.45) is 0 Å². The van der Waals surface area contributed by atoms with Gasteiger partial charge in [-0.15, -0.1) is 0 Å². The summed E-state index contributed by atoms with van der Waals surface area (Å²) in [5.41, 5.74) is -0.530. The number of carbonyl (C=O) groups excluding carboxylic acids is 1. The highest BCUT2D eigenvalue weighted by Gasteiger charge is 2.32. The van der Waals surface area contributed by atoms with Crippen molar-refractivity contribution in [1.82, 2.24) is 0 Å². The summed E-state index contributed by atoms with van der Waals surface area (Å²) in [5.74, 6) is -1.17. The van der Waals surface area contributed by atoms with Crippen molar-refractivity contribution in [3.8, 4) is 0 Å². The van der Waals surface area contributed by atoms with Gasteiger partial charge in [0.2, 0.25) is 0 Å². The van der Waals surface area contributed by atoms with Gasteiger partial charge in [-0.25, -0.2) is 9.59 Å². The minimum Gasteiger partial charge on any atom is -0.480 e. The molecule has 0 saturated heterocycles. The van der Waals surface area contributed by atoms with E-state index in [1.165, 1.54) is 25.1 Å². The molecular formula is C14H17Cl2NO4. The van der Waals surface area contributed by atoms with Crippen LogP contribution in [-0.2, 0) is 9.53 Å². The highest BCUT2D eigenvalue weighted by molar-refractivity contribution is 6.36. The zero-order valence-corrected chi connectivity index (χ0v) is 13.7. The fourth-order valence-electron chi connectivity index (χ4n) is 1.56. The van der Waals surface area contributed by atoms with Gasteiger partial charge in [0.1, 0.15) is 11.6 Å². The van der Waals surface area contributed by atoms with E-state index in [1.807, 2.05) is 0 Å². The number of nitrogens with zero attached hydrogens (tertiary/aromatic N) is 1. The van der Waals surface area contributed by atoms with Crippen molar-refractivity contribution in [2.45, 2.75) is 39.3 Å². The van der Waals surface area contributed by atoms with Gasteiger partial charge in [0.25, 0.3) is 0 Å². The molecular weight excluding hydrogens is 317 g/mol. The van der Waals surface area contributed by atoms with Crippen LogP contribution >= 0.6 is 23.2 Å². The minimum atomic E-state index is -1.17. The van der Waals surface area contributed by atoms with Crippen LogP contribution in [0.15, 0.2) is 18.2 Å². The summed E-state index contributed by atoms with van der Waals surface area (Å²) >= 11 is 11.9. The van der Waals surface area contributed by atoms with E-state index in [2.05, 4.69) is 0 Å². The predicted octanol–water partition coefficient (Wildman–Crippen LogP) is 4.21. The lowest BCUT2D eigenvalue weighted by Gasteiger charge is -2.30. The molecule has 1 N–H and O–H groups in total. The Hall–Kier alpha value is -1.46. The minimum absolute atomic E-state index is 0.168. The molecule has 0 aliphatic rings. The van der Waals surface area contributed by atoms with Gasteiger partial charge < -0.3 is 9.84 Å². The molecule has 21 heavy (non-hydrogen) atoms. The number of halogens is 2. The smallest absolute Gasteiger partial charge is 0.415 e. The predicted molar refractivity (Wildman–Crippen MR) is 82.3 cm³/mol. The second-order valence-electron chi connectivity index (χ2n) is 5.46. The van der Waals surface area contributed by atoms with Crippen molar-refractivity contribution >= 4 is 41.0 Å². The van der Waals surface area contributed by atoms with E-state index in [-0.39, 0.29) is 10.7 Å². The zero-order chi connectivity index (χ0) is 16.4. The van der Waals surface area contributed by atoms with Crippen LogP contribution < -0.4 is 4.90 Å². The Labute approximate surface area is 133 Å². The number of carboxylic acids is 1. The standard InChI is InChI=1S/C14H17Cl2NO4/c1-8(12(18)19)17(13(20)21-14(2,3)4)11-6-5-9(15)7-10(11)16/h5-8H,1-4H3,(H,18,19)/t8-/m1/s1. The summed E-state index contributed by atoms with van der Waals surface area (Å²) < 4.78 is 5.24. The van der Waals surface area contributed by atoms with E-state index in [4.69, 9.17) is 27.9 Å². The number of amides is 1. The number of rotatable bonds is 3. The molecule has 1 aromatic rings. The molecule has 0 heterocycles. The summed E-state index contributed by atoms with van der Waals surface area (Å²) in [5, 5.41) is 9.74. The Morgan fingerprint density at radius 2 is 1.86 bits per heavy atom. The summed E-state index contributed by atoms with van der Waals surface area (Å²) in [7, 11) is 0. The van der Waals surface area contributed by atoms with Crippen LogP contribution in [0, 0.1) is 0 Å². The van der Waals surface area contributed by atoms with E-state index in [0.29, 0.717) is 5.02 Å². The van der Waals surface area contributed by atoms with Gasteiger partial charge >= 0.3 is 12.1 Å². The van der Waals surface area contributed by atoms with E-state index < -0.39 is 23.7 Å². The van der Waals surface area contributed by atoms with Gasteiger partial charge in [-0.05, 0) is 45.9 Å². The van der Waals surface area contributed by atoms with Crippen molar-refractivity contribution in [3.63, 3.8) is 0 Å². The van der Waals surface area contributed by atoms with Crippen LogP contribution in [0.1, 0.15) is 27.7 Å². The SMILES string of the molecule is C[C@H](C(=O)O)N(C(=O)OC(C)(C)C)c1ccc(Cl)cc1Cl. The summed E-state index contributed by atoms with van der Waals surface area (Å²) in [6, 6.07) is 3.30.